The summed E-state index contributed by atoms with van der Waals surface area (Å²) in [6, 6.07) is 8.20. The van der Waals surface area contributed by atoms with Crippen molar-refractivity contribution in [2.45, 2.75) is 26.3 Å². The molecular weight excluding hydrogens is 174 g/mol. The number of hydrogen-bond acceptors (Lipinski definition) is 2. The van der Waals surface area contributed by atoms with Gasteiger partial charge in [-0.2, -0.15) is 0 Å². The van der Waals surface area contributed by atoms with E-state index in [-0.39, 0.29) is 11.8 Å². The van der Waals surface area contributed by atoms with Gasteiger partial charge < -0.3 is 5.32 Å². The summed E-state index contributed by atoms with van der Waals surface area (Å²) < 4.78 is 0. The fourth-order valence-electron chi connectivity index (χ4n) is 1.52. The molecule has 0 amide bonds. The molecule has 0 saturated heterocycles. The second-order valence-electron chi connectivity index (χ2n) is 3.65. The van der Waals surface area contributed by atoms with Crippen molar-refractivity contribution in [1.29, 1.82) is 0 Å². The van der Waals surface area contributed by atoms with E-state index in [2.05, 4.69) is 30.4 Å². The minimum atomic E-state index is -0.0585. The Hall–Kier alpha value is -1.15. The van der Waals surface area contributed by atoms with Crippen molar-refractivity contribution < 1.29 is 4.79 Å². The van der Waals surface area contributed by atoms with Crippen molar-refractivity contribution in [3.63, 3.8) is 0 Å². The highest BCUT2D eigenvalue weighted by Gasteiger charge is 2.11. The summed E-state index contributed by atoms with van der Waals surface area (Å²) in [5.74, 6) is 0.189. The first-order valence-corrected chi connectivity index (χ1v) is 4.86. The fourth-order valence-corrected chi connectivity index (χ4v) is 1.52. The molecule has 0 unspecified atom stereocenters. The van der Waals surface area contributed by atoms with E-state index >= 15 is 0 Å². The summed E-state index contributed by atoms with van der Waals surface area (Å²) in [6.07, 6.45) is 0.771. The zero-order valence-electron chi connectivity index (χ0n) is 9.00. The van der Waals surface area contributed by atoms with Crippen LogP contribution in [0.15, 0.2) is 24.3 Å². The maximum Gasteiger partial charge on any atom is 0.147 e. The third kappa shape index (κ3) is 2.96. The summed E-state index contributed by atoms with van der Waals surface area (Å²) in [5.41, 5.74) is 2.44. The van der Waals surface area contributed by atoms with Gasteiger partial charge in [0, 0.05) is 0 Å². The first-order valence-electron chi connectivity index (χ1n) is 4.86. The number of carbonyl (C=O) groups is 1. The predicted molar refractivity (Wildman–Crippen MR) is 58.4 cm³/mol. The molecule has 0 heterocycles. The molecule has 2 nitrogen and oxygen atoms in total. The third-order valence-electron chi connectivity index (χ3n) is 2.36. The van der Waals surface area contributed by atoms with Crippen LogP contribution in [0.2, 0.25) is 0 Å². The molecule has 0 radical (unpaired) electrons. The molecule has 0 spiro atoms. The minimum Gasteiger partial charge on any atom is -0.310 e. The zero-order valence-corrected chi connectivity index (χ0v) is 9.00. The van der Waals surface area contributed by atoms with Crippen LogP contribution in [0.25, 0.3) is 0 Å². The van der Waals surface area contributed by atoms with Crippen LogP contribution in [0.5, 0.6) is 0 Å². The Kier molecular flexibility index (Phi) is 3.84. The highest BCUT2D eigenvalue weighted by atomic mass is 16.1. The Labute approximate surface area is 85.3 Å². The van der Waals surface area contributed by atoms with Crippen LogP contribution >= 0.6 is 0 Å². The number of carbonyl (C=O) groups excluding carboxylic acids is 1. The monoisotopic (exact) mass is 191 g/mol. The van der Waals surface area contributed by atoms with Gasteiger partial charge in [0.05, 0.1) is 6.04 Å². The molecule has 76 valence electrons. The molecule has 1 N–H and O–H groups in total. The number of aryl methyl sites for hydroxylation is 1. The topological polar surface area (TPSA) is 29.1 Å². The number of ketones is 1. The van der Waals surface area contributed by atoms with Crippen LogP contribution in [0, 0.1) is 6.92 Å². The highest BCUT2D eigenvalue weighted by Crippen LogP contribution is 2.07. The summed E-state index contributed by atoms with van der Waals surface area (Å²) in [4.78, 5) is 11.2. The zero-order chi connectivity index (χ0) is 10.6. The van der Waals surface area contributed by atoms with Crippen LogP contribution < -0.4 is 5.32 Å². The van der Waals surface area contributed by atoms with Crippen LogP contribution in [0.3, 0.4) is 0 Å². The molecule has 0 aliphatic heterocycles. The second-order valence-corrected chi connectivity index (χ2v) is 3.65. The van der Waals surface area contributed by atoms with Gasteiger partial charge in [-0.3, -0.25) is 4.79 Å². The van der Waals surface area contributed by atoms with E-state index in [4.69, 9.17) is 0 Å². The molecule has 14 heavy (non-hydrogen) atoms. The van der Waals surface area contributed by atoms with Gasteiger partial charge in [0.1, 0.15) is 5.78 Å². The molecule has 0 aliphatic carbocycles. The third-order valence-corrected chi connectivity index (χ3v) is 2.36. The fraction of sp³-hybridized carbons (Fsp3) is 0.417. The quantitative estimate of drug-likeness (QED) is 0.785. The summed E-state index contributed by atoms with van der Waals surface area (Å²) in [7, 11) is 1.82. The minimum absolute atomic E-state index is 0.0585. The standard InChI is InChI=1S/C12H17NO/c1-9-5-4-6-11(7-9)8-12(13-3)10(2)14/h4-7,12-13H,8H2,1-3H3/t12-/m0/s1. The number of hydrogen-bond donors (Lipinski definition) is 1. The number of likely N-dealkylation sites (N-methyl/N-ethyl adjacent to an activating group) is 1. The average molecular weight is 191 g/mol. The average Bonchev–Trinajstić information content (AvgIpc) is 2.14. The predicted octanol–water partition coefficient (Wildman–Crippen LogP) is 1.71. The smallest absolute Gasteiger partial charge is 0.147 e. The van der Waals surface area contributed by atoms with Gasteiger partial charge in [0.2, 0.25) is 0 Å². The van der Waals surface area contributed by atoms with E-state index in [0.717, 1.165) is 6.42 Å². The molecule has 0 aliphatic rings. The van der Waals surface area contributed by atoms with Crippen LogP contribution in [0.4, 0.5) is 0 Å². The van der Waals surface area contributed by atoms with Crippen molar-refractivity contribution in [1.82, 2.24) is 5.32 Å². The Bertz CT molecular complexity index is 320. The number of rotatable bonds is 4. The number of benzene rings is 1. The first-order chi connectivity index (χ1) is 6.63. The first kappa shape index (κ1) is 10.9. The largest absolute Gasteiger partial charge is 0.310 e. The van der Waals surface area contributed by atoms with E-state index in [9.17, 15) is 4.79 Å². The van der Waals surface area contributed by atoms with Crippen molar-refractivity contribution in [2.24, 2.45) is 0 Å². The lowest BCUT2D eigenvalue weighted by atomic mass is 10.0. The van der Waals surface area contributed by atoms with Crippen molar-refractivity contribution in [3.8, 4) is 0 Å². The molecule has 0 aromatic heterocycles. The molecule has 2 heteroatoms. The molecule has 0 saturated carbocycles. The molecule has 1 aromatic carbocycles. The van der Waals surface area contributed by atoms with Gasteiger partial charge in [-0.15, -0.1) is 0 Å². The lowest BCUT2D eigenvalue weighted by Crippen LogP contribution is -2.34. The lowest BCUT2D eigenvalue weighted by molar-refractivity contribution is -0.118. The van der Waals surface area contributed by atoms with Crippen molar-refractivity contribution in [2.75, 3.05) is 7.05 Å². The molecule has 1 aromatic rings. The maximum absolute atomic E-state index is 11.2. The summed E-state index contributed by atoms with van der Waals surface area (Å²) in [6.45, 7) is 3.68. The van der Waals surface area contributed by atoms with Gasteiger partial charge >= 0.3 is 0 Å². The van der Waals surface area contributed by atoms with Gasteiger partial charge in [-0.05, 0) is 32.9 Å². The van der Waals surface area contributed by atoms with E-state index in [1.807, 2.05) is 13.1 Å². The summed E-state index contributed by atoms with van der Waals surface area (Å²) >= 11 is 0. The molecule has 1 rings (SSSR count). The second kappa shape index (κ2) is 4.91. The Morgan fingerprint density at radius 3 is 2.71 bits per heavy atom. The van der Waals surface area contributed by atoms with Gasteiger partial charge in [0.15, 0.2) is 0 Å². The normalized spacial score (nSPS) is 12.5. The van der Waals surface area contributed by atoms with Crippen molar-refractivity contribution in [3.05, 3.63) is 35.4 Å². The molecular formula is C12H17NO. The van der Waals surface area contributed by atoms with Crippen LogP contribution in [0.1, 0.15) is 18.1 Å². The summed E-state index contributed by atoms with van der Waals surface area (Å²) in [5, 5.41) is 3.02. The van der Waals surface area contributed by atoms with Crippen LogP contribution in [-0.2, 0) is 11.2 Å². The van der Waals surface area contributed by atoms with Crippen molar-refractivity contribution >= 4 is 5.78 Å². The highest BCUT2D eigenvalue weighted by molar-refractivity contribution is 5.81. The number of Topliss-reactive ketones (excluding diaryl/α,β-unsaturated/α-hetero) is 1. The Morgan fingerprint density at radius 1 is 1.50 bits per heavy atom. The Balaban J connectivity index is 2.72. The Morgan fingerprint density at radius 2 is 2.21 bits per heavy atom. The SMILES string of the molecule is CN[C@@H](Cc1cccc(C)c1)C(C)=O. The van der Waals surface area contributed by atoms with E-state index in [0.29, 0.717) is 0 Å². The molecule has 1 atom stereocenters. The van der Waals surface area contributed by atoms with Gasteiger partial charge in [0.25, 0.3) is 0 Å². The van der Waals surface area contributed by atoms with Gasteiger partial charge in [-0.25, -0.2) is 0 Å². The molecule has 0 fully saturated rings. The van der Waals surface area contributed by atoms with Crippen LogP contribution in [-0.4, -0.2) is 18.9 Å². The maximum atomic E-state index is 11.2. The molecule has 0 bridgehead atoms. The van der Waals surface area contributed by atoms with E-state index in [1.54, 1.807) is 6.92 Å². The number of nitrogens with one attached hydrogen (secondary N) is 1. The lowest BCUT2D eigenvalue weighted by Gasteiger charge is -2.12. The van der Waals surface area contributed by atoms with E-state index in [1.165, 1.54) is 11.1 Å². The van der Waals surface area contributed by atoms with E-state index < -0.39 is 0 Å². The van der Waals surface area contributed by atoms with Gasteiger partial charge in [-0.1, -0.05) is 29.8 Å².